The third-order valence-corrected chi connectivity index (χ3v) is 14.9. The third kappa shape index (κ3) is 59.6. The fourth-order valence-electron chi connectivity index (χ4n) is 7.00. The minimum absolute atomic E-state index is 0.185. The highest BCUT2D eigenvalue weighted by Crippen LogP contribution is 2.18. The Hall–Kier alpha value is -5.92. The number of nitrogens with zero attached hydrogens (tertiary/aromatic N) is 3. The fourth-order valence-corrected chi connectivity index (χ4v) is 7.00. The van der Waals surface area contributed by atoms with Crippen LogP contribution in [0, 0.1) is 57.3 Å². The monoisotopic (exact) mass is 1280 g/mol. The first-order valence-electron chi connectivity index (χ1n) is 35.5. The zero-order valence-electron chi connectivity index (χ0n) is 65.4. The van der Waals surface area contributed by atoms with Gasteiger partial charge in [-0.3, -0.25) is 4.68 Å². The number of benzene rings is 5. The Labute approximate surface area is 574 Å². The van der Waals surface area contributed by atoms with Crippen LogP contribution in [-0.2, 0) is 11.3 Å². The Morgan fingerprint density at radius 1 is 0.462 bits per heavy atom. The molecule has 0 saturated carbocycles. The molecule has 0 fully saturated rings. The summed E-state index contributed by atoms with van der Waals surface area (Å²) in [6.07, 6.45) is 10.4. The second kappa shape index (κ2) is 57.5. The molecule has 0 amide bonds. The van der Waals surface area contributed by atoms with Crippen LogP contribution in [0.1, 0.15) is 303 Å². The third-order valence-electron chi connectivity index (χ3n) is 14.9. The van der Waals surface area contributed by atoms with Gasteiger partial charge in [-0.05, 0) is 159 Å². The number of halogens is 1. The smallest absolute Gasteiger partial charge is 0.129 e. The largest absolute Gasteiger partial charge is 0.472 e. The number of furan rings is 1. The number of hydrogen-bond acceptors (Lipinski definition) is 5. The van der Waals surface area contributed by atoms with Gasteiger partial charge in [0.2, 0.25) is 0 Å². The Bertz CT molecular complexity index is 2580. The van der Waals surface area contributed by atoms with Crippen molar-refractivity contribution in [2.75, 3.05) is 0 Å². The summed E-state index contributed by atoms with van der Waals surface area (Å²) in [7, 11) is 0. The van der Waals surface area contributed by atoms with Crippen molar-refractivity contribution in [3.05, 3.63) is 214 Å². The van der Waals surface area contributed by atoms with Crippen molar-refractivity contribution in [1.82, 2.24) is 15.0 Å². The lowest BCUT2D eigenvalue weighted by molar-refractivity contribution is -0.117. The zero-order valence-corrected chi connectivity index (χ0v) is 65.4. The summed E-state index contributed by atoms with van der Waals surface area (Å²) < 4.78 is 18.6. The molecule has 0 radical (unpaired) electrons. The number of unbranched alkanes of at least 4 members (excludes halogenated alkanes) is 1. The van der Waals surface area contributed by atoms with Gasteiger partial charge >= 0.3 is 0 Å². The predicted octanol–water partition coefficient (Wildman–Crippen LogP) is 26.5. The van der Waals surface area contributed by atoms with E-state index in [-0.39, 0.29) is 5.92 Å². The van der Waals surface area contributed by atoms with Gasteiger partial charge in [0.1, 0.15) is 5.78 Å². The van der Waals surface area contributed by atoms with Crippen molar-refractivity contribution in [2.24, 2.45) is 35.3 Å². The molecule has 2 N–H and O–H groups in total. The fraction of sp³-hybridized carbons (Fsp3) is 0.570. The average molecular weight is 1280 g/mol. The number of aryl methyl sites for hydroxylation is 4. The number of rotatable bonds is 16. The van der Waals surface area contributed by atoms with Crippen molar-refractivity contribution in [3.63, 3.8) is 0 Å². The molecular weight excluding hydrogens is 1140 g/mol. The van der Waals surface area contributed by atoms with E-state index in [4.69, 9.17) is 10.2 Å². The highest BCUT2D eigenvalue weighted by atomic mass is 19.1. The Kier molecular flexibility index (Phi) is 57.8. The van der Waals surface area contributed by atoms with Crippen molar-refractivity contribution >= 4 is 5.78 Å². The molecule has 2 heterocycles. The van der Waals surface area contributed by atoms with Gasteiger partial charge in [0.05, 0.1) is 24.4 Å². The molecule has 526 valence electrons. The molecule has 5 aromatic carbocycles. The number of hydrogen-bond donors (Lipinski definition) is 1. The first-order valence-corrected chi connectivity index (χ1v) is 35.5. The van der Waals surface area contributed by atoms with Crippen LogP contribution < -0.4 is 5.73 Å². The molecule has 0 aliphatic heterocycles. The minimum Gasteiger partial charge on any atom is -0.472 e. The summed E-state index contributed by atoms with van der Waals surface area (Å²) >= 11 is 0. The standard InChI is InChI=1S/3C10H14.C9H18O.2C9H12.C7H13N3.C7H10O.C5H11F.C5H13N.C5H12/c2*1-8(2)10-6-4-9(3)5-7-10;1-8(2)10-6-4-5-9(3)7-10;1-8(2)6-4-5-7-9(3)10;2*1-8(2)9-6-4-3-5-7-9;1-6(2)4-10-5-7(3)8-9-10;1-6(2)7-3-4-8-5-7;2*1-4(2)5(3)6;1-4-5(2)3/h3*4-8H,1-3H3;8H,4-7H2,1-3H3;2*3-8H,1-2H3;5-6H,4H2,1-3H3;3-6H,1-2H3;4-5H,1-3H3;4-5H,6H2,1-3H3;5H,4H2,1-3H3. The average Bonchev–Trinajstić information content (AvgIpc) is 4.39. The summed E-state index contributed by atoms with van der Waals surface area (Å²) in [6.45, 7) is 64.3. The molecule has 2 atom stereocenters. The SMILES string of the molecule is CC(=O)CCCCC(C)C.CC(C)C(C)F.CC(C)C(C)N.CC(C)c1ccccc1.CC(C)c1ccccc1.CC(C)c1ccoc1.CCC(C)C.Cc1ccc(C(C)C)cc1.Cc1ccc(C(C)C)cc1.Cc1cccc(C(C)C)c1.Cc1cn(CC(C)C)nn1. The van der Waals surface area contributed by atoms with E-state index in [2.05, 4.69) is 298 Å². The van der Waals surface area contributed by atoms with Crippen molar-refractivity contribution in [2.45, 2.75) is 294 Å². The Balaban J connectivity index is -0.000000471. The lowest BCUT2D eigenvalue weighted by atomic mass is 10.0. The molecule has 7 heteroatoms. The van der Waals surface area contributed by atoms with Crippen LogP contribution in [0.5, 0.6) is 0 Å². The predicted molar refractivity (Wildman–Crippen MR) is 412 cm³/mol. The van der Waals surface area contributed by atoms with Crippen LogP contribution in [0.2, 0.25) is 0 Å². The van der Waals surface area contributed by atoms with Crippen LogP contribution in [0.3, 0.4) is 0 Å². The summed E-state index contributed by atoms with van der Waals surface area (Å²) in [5, 5.41) is 7.81. The van der Waals surface area contributed by atoms with Gasteiger partial charge in [-0.2, -0.15) is 0 Å². The molecule has 0 spiro atoms. The second-order valence-electron chi connectivity index (χ2n) is 28.7. The number of carbonyl (C=O) groups is 1. The highest BCUT2D eigenvalue weighted by Gasteiger charge is 2.03. The maximum Gasteiger partial charge on any atom is 0.129 e. The van der Waals surface area contributed by atoms with E-state index in [1.807, 2.05) is 56.8 Å². The minimum atomic E-state index is -0.648. The Morgan fingerprint density at radius 3 is 1.05 bits per heavy atom. The quantitative estimate of drug-likeness (QED) is 0.0974. The van der Waals surface area contributed by atoms with E-state index in [1.54, 1.807) is 26.4 Å². The topological polar surface area (TPSA) is 86.9 Å². The maximum absolute atomic E-state index is 11.8. The molecule has 2 aromatic heterocycles. The first-order chi connectivity index (χ1) is 43.4. The maximum atomic E-state index is 11.8. The van der Waals surface area contributed by atoms with Crippen molar-refractivity contribution in [1.29, 1.82) is 0 Å². The van der Waals surface area contributed by atoms with Crippen LogP contribution in [-0.4, -0.2) is 33.0 Å². The molecule has 7 rings (SSSR count). The summed E-state index contributed by atoms with van der Waals surface area (Å²) in [4.78, 5) is 10.5. The molecule has 93 heavy (non-hydrogen) atoms. The van der Waals surface area contributed by atoms with Gasteiger partial charge < -0.3 is 14.9 Å². The van der Waals surface area contributed by atoms with Gasteiger partial charge in [0, 0.05) is 25.2 Å². The zero-order chi connectivity index (χ0) is 72.2. The number of Topliss-reactive ketones (excluding diaryl/α,β-unsaturated/α-hetero) is 1. The first kappa shape index (κ1) is 93.5. The van der Waals surface area contributed by atoms with Crippen LogP contribution in [0.15, 0.2) is 163 Å². The number of aromatic nitrogens is 3. The summed E-state index contributed by atoms with van der Waals surface area (Å²) in [5.41, 5.74) is 18.8. The summed E-state index contributed by atoms with van der Waals surface area (Å²) in [6, 6.07) is 49.5. The van der Waals surface area contributed by atoms with Crippen LogP contribution >= 0.6 is 0 Å². The molecule has 0 bridgehead atoms. The van der Waals surface area contributed by atoms with Crippen LogP contribution in [0.25, 0.3) is 0 Å². The molecule has 0 aliphatic rings. The molecular formula is C86H143FN4O2. The second-order valence-corrected chi connectivity index (χ2v) is 28.7. The van der Waals surface area contributed by atoms with E-state index in [1.165, 1.54) is 69.3 Å². The van der Waals surface area contributed by atoms with E-state index in [9.17, 15) is 9.18 Å². The molecule has 6 nitrogen and oxygen atoms in total. The van der Waals surface area contributed by atoms with E-state index in [0.717, 1.165) is 36.9 Å². The Morgan fingerprint density at radius 2 is 0.828 bits per heavy atom. The summed E-state index contributed by atoms with van der Waals surface area (Å²) in [5.74, 6) is 7.31. The molecule has 0 saturated heterocycles. The van der Waals surface area contributed by atoms with Gasteiger partial charge in [-0.25, -0.2) is 4.39 Å². The van der Waals surface area contributed by atoms with Gasteiger partial charge in [-0.1, -0.05) is 334 Å². The lowest BCUT2D eigenvalue weighted by Crippen LogP contribution is -2.21. The lowest BCUT2D eigenvalue weighted by Gasteiger charge is -2.05. The molecule has 2 unspecified atom stereocenters. The van der Waals surface area contributed by atoms with E-state index >= 15 is 0 Å². The van der Waals surface area contributed by atoms with Crippen molar-refractivity contribution in [3.8, 4) is 0 Å². The molecule has 0 aliphatic carbocycles. The van der Waals surface area contributed by atoms with E-state index < -0.39 is 6.17 Å². The van der Waals surface area contributed by atoms with Crippen LogP contribution in [0.4, 0.5) is 4.39 Å². The highest BCUT2D eigenvalue weighted by molar-refractivity contribution is 5.75. The van der Waals surface area contributed by atoms with E-state index in [0.29, 0.717) is 59.2 Å². The van der Waals surface area contributed by atoms with Gasteiger partial charge in [0.25, 0.3) is 0 Å². The normalized spacial score (nSPS) is 11.0. The van der Waals surface area contributed by atoms with Gasteiger partial charge in [-0.15, -0.1) is 5.10 Å². The number of carbonyl (C=O) groups excluding carboxylic acids is 1. The van der Waals surface area contributed by atoms with Crippen molar-refractivity contribution < 1.29 is 13.6 Å². The number of ketones is 1. The number of nitrogens with two attached hydrogens (primary N) is 1. The van der Waals surface area contributed by atoms with Gasteiger partial charge in [0.15, 0.2) is 0 Å². The number of alkyl halides is 1. The molecule has 7 aromatic rings.